The number of urea groups is 1. The Morgan fingerprint density at radius 2 is 1.96 bits per heavy atom. The van der Waals surface area contributed by atoms with Gasteiger partial charge in [0.05, 0.1) is 6.42 Å². The van der Waals surface area contributed by atoms with Crippen molar-refractivity contribution in [3.8, 4) is 0 Å². The Hall–Kier alpha value is -2.90. The van der Waals surface area contributed by atoms with Crippen molar-refractivity contribution in [2.45, 2.75) is 33.2 Å². The Labute approximate surface area is 140 Å². The molecule has 2 rings (SSSR count). The number of carbonyl (C=O) groups excluding carboxylic acids is 2. The number of likely N-dealkylation sites (N-methyl/N-ethyl adjacent to an activating group) is 1. The molecule has 8 nitrogen and oxygen atoms in total. The predicted molar refractivity (Wildman–Crippen MR) is 88.4 cm³/mol. The molecule has 0 aliphatic rings. The van der Waals surface area contributed by atoms with E-state index >= 15 is 0 Å². The molecule has 0 saturated heterocycles. The Morgan fingerprint density at radius 1 is 1.25 bits per heavy atom. The van der Waals surface area contributed by atoms with Gasteiger partial charge in [-0.1, -0.05) is 17.3 Å². The van der Waals surface area contributed by atoms with Gasteiger partial charge < -0.3 is 20.5 Å². The maximum absolute atomic E-state index is 12.0. The number of aromatic nitrogens is 2. The number of nitrogens with one attached hydrogen (secondary N) is 3. The SMILES string of the molecule is CCNC(=O)Cc1ccc(NC(=O)N[C@H](C)c2nc(C)no2)cc1. The van der Waals surface area contributed by atoms with E-state index in [0.29, 0.717) is 30.4 Å². The summed E-state index contributed by atoms with van der Waals surface area (Å²) in [6.45, 7) is 5.95. The summed E-state index contributed by atoms with van der Waals surface area (Å²) in [5.41, 5.74) is 1.50. The van der Waals surface area contributed by atoms with Gasteiger partial charge >= 0.3 is 6.03 Å². The zero-order chi connectivity index (χ0) is 17.5. The summed E-state index contributed by atoms with van der Waals surface area (Å²) in [6, 6.07) is 6.31. The minimum Gasteiger partial charge on any atom is -0.356 e. The Bertz CT molecular complexity index is 696. The van der Waals surface area contributed by atoms with Crippen LogP contribution in [0.3, 0.4) is 0 Å². The average molecular weight is 331 g/mol. The third-order valence-electron chi connectivity index (χ3n) is 3.21. The molecule has 8 heteroatoms. The second kappa shape index (κ2) is 8.09. The molecule has 2 aromatic rings. The van der Waals surface area contributed by atoms with Gasteiger partial charge in [-0.25, -0.2) is 4.79 Å². The van der Waals surface area contributed by atoms with E-state index in [1.807, 2.05) is 6.92 Å². The van der Waals surface area contributed by atoms with Crippen LogP contribution in [0, 0.1) is 6.92 Å². The molecule has 0 unspecified atom stereocenters. The number of hydrogen-bond donors (Lipinski definition) is 3. The lowest BCUT2D eigenvalue weighted by Gasteiger charge is -2.11. The first-order valence-electron chi connectivity index (χ1n) is 7.71. The largest absolute Gasteiger partial charge is 0.356 e. The molecule has 0 radical (unpaired) electrons. The smallest absolute Gasteiger partial charge is 0.319 e. The van der Waals surface area contributed by atoms with Gasteiger partial charge in [-0.05, 0) is 38.5 Å². The third kappa shape index (κ3) is 5.08. The summed E-state index contributed by atoms with van der Waals surface area (Å²) >= 11 is 0. The highest BCUT2D eigenvalue weighted by molar-refractivity contribution is 5.89. The van der Waals surface area contributed by atoms with Crippen LogP contribution in [0.1, 0.15) is 37.2 Å². The van der Waals surface area contributed by atoms with Gasteiger partial charge in [-0.2, -0.15) is 4.98 Å². The van der Waals surface area contributed by atoms with Crippen LogP contribution in [0.2, 0.25) is 0 Å². The van der Waals surface area contributed by atoms with Gasteiger partial charge in [0, 0.05) is 12.2 Å². The third-order valence-corrected chi connectivity index (χ3v) is 3.21. The first-order chi connectivity index (χ1) is 11.5. The van der Waals surface area contributed by atoms with Gasteiger partial charge in [-0.15, -0.1) is 0 Å². The van der Waals surface area contributed by atoms with Crippen LogP contribution < -0.4 is 16.0 Å². The van der Waals surface area contributed by atoms with Crippen molar-refractivity contribution in [1.29, 1.82) is 0 Å². The lowest BCUT2D eigenvalue weighted by Crippen LogP contribution is -2.31. The summed E-state index contributed by atoms with van der Waals surface area (Å²) in [5, 5.41) is 11.9. The Balaban J connectivity index is 1.86. The normalized spacial score (nSPS) is 11.6. The Morgan fingerprint density at radius 3 is 2.54 bits per heavy atom. The molecule has 1 aromatic heterocycles. The first-order valence-corrected chi connectivity index (χ1v) is 7.71. The average Bonchev–Trinajstić information content (AvgIpc) is 2.96. The van der Waals surface area contributed by atoms with Crippen molar-refractivity contribution in [1.82, 2.24) is 20.8 Å². The second-order valence-electron chi connectivity index (χ2n) is 5.33. The molecule has 0 saturated carbocycles. The fourth-order valence-corrected chi connectivity index (χ4v) is 2.07. The van der Waals surface area contributed by atoms with Crippen LogP contribution in [-0.2, 0) is 11.2 Å². The number of carbonyl (C=O) groups is 2. The highest BCUT2D eigenvalue weighted by Gasteiger charge is 2.15. The van der Waals surface area contributed by atoms with Crippen molar-refractivity contribution >= 4 is 17.6 Å². The number of rotatable bonds is 6. The molecule has 24 heavy (non-hydrogen) atoms. The maximum atomic E-state index is 12.0. The molecule has 3 amide bonds. The second-order valence-corrected chi connectivity index (χ2v) is 5.33. The van der Waals surface area contributed by atoms with E-state index < -0.39 is 6.04 Å². The highest BCUT2D eigenvalue weighted by atomic mass is 16.5. The fourth-order valence-electron chi connectivity index (χ4n) is 2.07. The van der Waals surface area contributed by atoms with Gasteiger partial charge in [0.1, 0.15) is 6.04 Å². The zero-order valence-corrected chi connectivity index (χ0v) is 13.9. The molecule has 1 heterocycles. The summed E-state index contributed by atoms with van der Waals surface area (Å²) in [4.78, 5) is 27.6. The summed E-state index contributed by atoms with van der Waals surface area (Å²) < 4.78 is 5.01. The number of benzene rings is 1. The standard InChI is InChI=1S/C16H21N5O3/c1-4-17-14(22)9-12-5-7-13(8-6-12)20-16(23)18-10(2)15-19-11(3)21-24-15/h5-8,10H,4,9H2,1-3H3,(H,17,22)(H2,18,20,23)/t10-/m1/s1. The van der Waals surface area contributed by atoms with E-state index in [1.165, 1.54) is 0 Å². The van der Waals surface area contributed by atoms with Crippen molar-refractivity contribution in [3.05, 3.63) is 41.5 Å². The summed E-state index contributed by atoms with van der Waals surface area (Å²) in [7, 11) is 0. The van der Waals surface area contributed by atoms with E-state index in [9.17, 15) is 9.59 Å². The molecular formula is C16H21N5O3. The summed E-state index contributed by atoms with van der Waals surface area (Å²) in [6.07, 6.45) is 0.313. The van der Waals surface area contributed by atoms with Crippen molar-refractivity contribution in [3.63, 3.8) is 0 Å². The highest BCUT2D eigenvalue weighted by Crippen LogP contribution is 2.12. The molecule has 0 fully saturated rings. The molecule has 0 aliphatic heterocycles. The molecule has 128 valence electrons. The molecule has 3 N–H and O–H groups in total. The molecule has 0 bridgehead atoms. The van der Waals surface area contributed by atoms with E-state index in [4.69, 9.17) is 4.52 Å². The van der Waals surface area contributed by atoms with Crippen molar-refractivity contribution < 1.29 is 14.1 Å². The number of amides is 3. The lowest BCUT2D eigenvalue weighted by molar-refractivity contribution is -0.120. The predicted octanol–water partition coefficient (Wildman–Crippen LogP) is 1.94. The van der Waals surface area contributed by atoms with Crippen LogP contribution in [0.4, 0.5) is 10.5 Å². The van der Waals surface area contributed by atoms with Gasteiger partial charge in [0.25, 0.3) is 0 Å². The van der Waals surface area contributed by atoms with Crippen LogP contribution in [0.5, 0.6) is 0 Å². The molecular weight excluding hydrogens is 310 g/mol. The van der Waals surface area contributed by atoms with Crippen molar-refractivity contribution in [2.24, 2.45) is 0 Å². The van der Waals surface area contributed by atoms with Crippen LogP contribution in [0.25, 0.3) is 0 Å². The van der Waals surface area contributed by atoms with Gasteiger partial charge in [-0.3, -0.25) is 4.79 Å². The fraction of sp³-hybridized carbons (Fsp3) is 0.375. The molecule has 0 spiro atoms. The topological polar surface area (TPSA) is 109 Å². The van der Waals surface area contributed by atoms with E-state index in [-0.39, 0.29) is 11.9 Å². The summed E-state index contributed by atoms with van der Waals surface area (Å²) in [5.74, 6) is 0.835. The Kier molecular flexibility index (Phi) is 5.89. The number of hydrogen-bond acceptors (Lipinski definition) is 5. The van der Waals surface area contributed by atoms with Crippen LogP contribution in [-0.4, -0.2) is 28.6 Å². The minimum atomic E-state index is -0.400. The van der Waals surface area contributed by atoms with E-state index in [2.05, 4.69) is 26.1 Å². The van der Waals surface area contributed by atoms with E-state index in [1.54, 1.807) is 38.1 Å². The monoisotopic (exact) mass is 331 g/mol. The molecule has 1 atom stereocenters. The molecule has 0 aliphatic carbocycles. The number of aryl methyl sites for hydroxylation is 1. The van der Waals surface area contributed by atoms with Gasteiger partial charge in [0.15, 0.2) is 5.82 Å². The number of nitrogens with zero attached hydrogens (tertiary/aromatic N) is 2. The first kappa shape index (κ1) is 17.5. The minimum absolute atomic E-state index is 0.0281. The van der Waals surface area contributed by atoms with Crippen LogP contribution in [0.15, 0.2) is 28.8 Å². The molecule has 1 aromatic carbocycles. The number of anilines is 1. The van der Waals surface area contributed by atoms with Gasteiger partial charge in [0.2, 0.25) is 11.8 Å². The maximum Gasteiger partial charge on any atom is 0.319 e. The van der Waals surface area contributed by atoms with Crippen LogP contribution >= 0.6 is 0 Å². The quantitative estimate of drug-likeness (QED) is 0.749. The lowest BCUT2D eigenvalue weighted by atomic mass is 10.1. The van der Waals surface area contributed by atoms with Crippen molar-refractivity contribution in [2.75, 3.05) is 11.9 Å². The zero-order valence-electron chi connectivity index (χ0n) is 13.9. The van der Waals surface area contributed by atoms with E-state index in [0.717, 1.165) is 5.56 Å².